The Labute approximate surface area is 168 Å². The Kier molecular flexibility index (Phi) is 5.63. The van der Waals surface area contributed by atoms with Gasteiger partial charge in [-0.3, -0.25) is 4.79 Å². The molecule has 0 unspecified atom stereocenters. The molecule has 0 atom stereocenters. The number of aromatic hydroxyl groups is 1. The molecule has 1 heterocycles. The molecule has 3 rings (SSSR count). The number of hydrogen-bond acceptors (Lipinski definition) is 7. The molecule has 8 nitrogen and oxygen atoms in total. The number of ether oxygens (including phenoxy) is 4. The number of imidazole rings is 1. The standard InChI is InChI=1S/C21H22N2O6/c1-11-18(23-21(22-11)12-6-7-15(26-2)14(24)8-12)19(25)13-9-16(27-3)20(29-5)17(10-13)28-4/h6-10,24H,1-5H3,(H,22,23). The number of nitrogens with one attached hydrogen (secondary N) is 1. The molecule has 29 heavy (non-hydrogen) atoms. The lowest BCUT2D eigenvalue weighted by atomic mass is 10.1. The number of aromatic nitrogens is 2. The number of rotatable bonds is 7. The quantitative estimate of drug-likeness (QED) is 0.588. The summed E-state index contributed by atoms with van der Waals surface area (Å²) in [5.41, 5.74) is 1.81. The number of aromatic amines is 1. The van der Waals surface area contributed by atoms with Crippen LogP contribution in [0.4, 0.5) is 0 Å². The van der Waals surface area contributed by atoms with Crippen molar-refractivity contribution in [1.82, 2.24) is 9.97 Å². The van der Waals surface area contributed by atoms with Gasteiger partial charge in [0.1, 0.15) is 11.5 Å². The van der Waals surface area contributed by atoms with Gasteiger partial charge in [-0.05, 0) is 37.3 Å². The van der Waals surface area contributed by atoms with E-state index in [1.54, 1.807) is 31.2 Å². The number of aryl methyl sites for hydroxylation is 1. The molecule has 0 aliphatic carbocycles. The SMILES string of the molecule is COc1ccc(-c2nc(C(=O)c3cc(OC)c(OC)c(OC)c3)c(C)[nH]2)cc1O. The first kappa shape index (κ1) is 20.1. The Balaban J connectivity index is 2.02. The second kappa shape index (κ2) is 8.14. The van der Waals surface area contributed by atoms with Crippen LogP contribution in [0.25, 0.3) is 11.4 Å². The monoisotopic (exact) mass is 398 g/mol. The summed E-state index contributed by atoms with van der Waals surface area (Å²) >= 11 is 0. The molecule has 0 saturated carbocycles. The van der Waals surface area contributed by atoms with Crippen LogP contribution in [-0.2, 0) is 0 Å². The first-order chi connectivity index (χ1) is 13.9. The predicted octanol–water partition coefficient (Wildman–Crippen LogP) is 3.36. The summed E-state index contributed by atoms with van der Waals surface area (Å²) in [5, 5.41) is 10.0. The minimum Gasteiger partial charge on any atom is -0.504 e. The van der Waals surface area contributed by atoms with E-state index in [1.807, 2.05) is 0 Å². The molecule has 0 spiro atoms. The van der Waals surface area contributed by atoms with Crippen molar-refractivity contribution < 1.29 is 28.8 Å². The minimum atomic E-state index is -0.304. The molecular weight excluding hydrogens is 376 g/mol. The van der Waals surface area contributed by atoms with Crippen molar-refractivity contribution in [2.45, 2.75) is 6.92 Å². The summed E-state index contributed by atoms with van der Waals surface area (Å²) in [6.07, 6.45) is 0. The van der Waals surface area contributed by atoms with Crippen LogP contribution in [0.1, 0.15) is 21.7 Å². The zero-order chi connectivity index (χ0) is 21.1. The summed E-state index contributed by atoms with van der Waals surface area (Å²) in [7, 11) is 5.94. The van der Waals surface area contributed by atoms with E-state index in [2.05, 4.69) is 9.97 Å². The van der Waals surface area contributed by atoms with E-state index in [4.69, 9.17) is 18.9 Å². The van der Waals surface area contributed by atoms with Crippen LogP contribution in [0, 0.1) is 6.92 Å². The number of phenolic OH excluding ortho intramolecular Hbond substituents is 1. The molecule has 152 valence electrons. The van der Waals surface area contributed by atoms with Gasteiger partial charge >= 0.3 is 0 Å². The van der Waals surface area contributed by atoms with Crippen molar-refractivity contribution in [2.75, 3.05) is 28.4 Å². The molecule has 0 radical (unpaired) electrons. The molecule has 0 aliphatic rings. The minimum absolute atomic E-state index is 0.0171. The molecule has 0 bridgehead atoms. The highest BCUT2D eigenvalue weighted by molar-refractivity contribution is 6.09. The normalized spacial score (nSPS) is 10.5. The van der Waals surface area contributed by atoms with Gasteiger partial charge in [-0.15, -0.1) is 0 Å². The van der Waals surface area contributed by atoms with Gasteiger partial charge in [0.25, 0.3) is 0 Å². The van der Waals surface area contributed by atoms with Crippen molar-refractivity contribution in [3.63, 3.8) is 0 Å². The van der Waals surface area contributed by atoms with Crippen LogP contribution in [0.15, 0.2) is 30.3 Å². The van der Waals surface area contributed by atoms with Crippen LogP contribution in [0.5, 0.6) is 28.7 Å². The van der Waals surface area contributed by atoms with E-state index >= 15 is 0 Å². The van der Waals surface area contributed by atoms with Crippen LogP contribution in [0.3, 0.4) is 0 Å². The van der Waals surface area contributed by atoms with Gasteiger partial charge in [0, 0.05) is 16.8 Å². The van der Waals surface area contributed by atoms with Crippen molar-refractivity contribution in [1.29, 1.82) is 0 Å². The Morgan fingerprint density at radius 2 is 1.55 bits per heavy atom. The van der Waals surface area contributed by atoms with E-state index in [1.165, 1.54) is 34.5 Å². The van der Waals surface area contributed by atoms with E-state index in [0.717, 1.165) is 0 Å². The molecule has 2 N–H and O–H groups in total. The Bertz CT molecular complexity index is 1030. The molecule has 0 fully saturated rings. The highest BCUT2D eigenvalue weighted by Gasteiger charge is 2.22. The number of phenols is 1. The molecule has 1 aromatic heterocycles. The summed E-state index contributed by atoms with van der Waals surface area (Å²) in [5.74, 6) is 1.65. The van der Waals surface area contributed by atoms with Crippen molar-refractivity contribution >= 4 is 5.78 Å². The Morgan fingerprint density at radius 3 is 2.07 bits per heavy atom. The number of hydrogen-bond donors (Lipinski definition) is 2. The highest BCUT2D eigenvalue weighted by Crippen LogP contribution is 2.39. The Morgan fingerprint density at radius 1 is 0.931 bits per heavy atom. The van der Waals surface area contributed by atoms with Gasteiger partial charge in [-0.25, -0.2) is 4.98 Å². The molecule has 0 aliphatic heterocycles. The van der Waals surface area contributed by atoms with E-state index in [9.17, 15) is 9.90 Å². The van der Waals surface area contributed by atoms with Gasteiger partial charge in [0.2, 0.25) is 11.5 Å². The van der Waals surface area contributed by atoms with E-state index < -0.39 is 0 Å². The fourth-order valence-corrected chi connectivity index (χ4v) is 3.00. The van der Waals surface area contributed by atoms with Crippen LogP contribution in [-0.4, -0.2) is 49.3 Å². The third kappa shape index (κ3) is 3.69. The van der Waals surface area contributed by atoms with E-state index in [-0.39, 0.29) is 17.2 Å². The molecule has 8 heteroatoms. The highest BCUT2D eigenvalue weighted by atomic mass is 16.5. The van der Waals surface area contributed by atoms with E-state index in [0.29, 0.717) is 45.6 Å². The largest absolute Gasteiger partial charge is 0.504 e. The maximum atomic E-state index is 13.1. The zero-order valence-corrected chi connectivity index (χ0v) is 16.8. The van der Waals surface area contributed by atoms with Gasteiger partial charge in [0.15, 0.2) is 23.0 Å². The lowest BCUT2D eigenvalue weighted by molar-refractivity contribution is 0.103. The summed E-state index contributed by atoms with van der Waals surface area (Å²) in [6, 6.07) is 8.05. The molecule has 0 amide bonds. The second-order valence-electron chi connectivity index (χ2n) is 6.19. The van der Waals surface area contributed by atoms with Gasteiger partial charge in [-0.1, -0.05) is 0 Å². The third-order valence-electron chi connectivity index (χ3n) is 4.48. The lowest BCUT2D eigenvalue weighted by Gasteiger charge is -2.13. The number of methoxy groups -OCH3 is 4. The number of carbonyl (C=O) groups is 1. The lowest BCUT2D eigenvalue weighted by Crippen LogP contribution is -2.06. The number of ketones is 1. The number of H-pyrrole nitrogens is 1. The molecular formula is C21H22N2O6. The predicted molar refractivity (Wildman–Crippen MR) is 107 cm³/mol. The molecule has 2 aromatic carbocycles. The van der Waals surface area contributed by atoms with Crippen LogP contribution < -0.4 is 18.9 Å². The second-order valence-corrected chi connectivity index (χ2v) is 6.19. The summed E-state index contributed by atoms with van der Waals surface area (Å²) < 4.78 is 21.0. The number of nitrogens with zero attached hydrogens (tertiary/aromatic N) is 1. The molecule has 0 saturated heterocycles. The Hall–Kier alpha value is -3.68. The first-order valence-electron chi connectivity index (χ1n) is 8.72. The van der Waals surface area contributed by atoms with Crippen molar-refractivity contribution in [2.24, 2.45) is 0 Å². The third-order valence-corrected chi connectivity index (χ3v) is 4.48. The van der Waals surface area contributed by atoms with Gasteiger partial charge < -0.3 is 29.0 Å². The molecule has 3 aromatic rings. The van der Waals surface area contributed by atoms with Gasteiger partial charge in [0.05, 0.1) is 28.4 Å². The summed E-state index contributed by atoms with van der Waals surface area (Å²) in [6.45, 7) is 1.76. The van der Waals surface area contributed by atoms with Gasteiger partial charge in [-0.2, -0.15) is 0 Å². The smallest absolute Gasteiger partial charge is 0.213 e. The number of benzene rings is 2. The van der Waals surface area contributed by atoms with Crippen molar-refractivity contribution in [3.05, 3.63) is 47.3 Å². The van der Waals surface area contributed by atoms with Crippen molar-refractivity contribution in [3.8, 4) is 40.1 Å². The fourth-order valence-electron chi connectivity index (χ4n) is 3.00. The average Bonchev–Trinajstić information content (AvgIpc) is 3.13. The van der Waals surface area contributed by atoms with Crippen LogP contribution in [0.2, 0.25) is 0 Å². The average molecular weight is 398 g/mol. The topological polar surface area (TPSA) is 103 Å². The maximum Gasteiger partial charge on any atom is 0.213 e. The van der Waals surface area contributed by atoms with Crippen LogP contribution >= 0.6 is 0 Å². The fraction of sp³-hybridized carbons (Fsp3) is 0.238. The summed E-state index contributed by atoms with van der Waals surface area (Å²) in [4.78, 5) is 20.6. The zero-order valence-electron chi connectivity index (χ0n) is 16.8. The number of carbonyl (C=O) groups excluding carboxylic acids is 1. The first-order valence-corrected chi connectivity index (χ1v) is 8.72. The maximum absolute atomic E-state index is 13.1.